The highest BCUT2D eigenvalue weighted by molar-refractivity contribution is 5.67. The molecule has 0 atom stereocenters. The number of anilines is 2. The van der Waals surface area contributed by atoms with Crippen molar-refractivity contribution in [3.63, 3.8) is 0 Å². The largest absolute Gasteiger partial charge is 0.433 e. The first kappa shape index (κ1) is 13.9. The minimum atomic E-state index is -4.44. The molecule has 1 aromatic heterocycles. The lowest BCUT2D eigenvalue weighted by molar-refractivity contribution is -0.141. The second-order valence-electron chi connectivity index (χ2n) is 4.55. The Labute approximate surface area is 110 Å². The number of nitrogens with two attached hydrogens (primary N) is 1. The van der Waals surface area contributed by atoms with Gasteiger partial charge in [-0.3, -0.25) is 0 Å². The van der Waals surface area contributed by atoms with Gasteiger partial charge in [-0.1, -0.05) is 6.92 Å². The third kappa shape index (κ3) is 3.09. The Hall–Kier alpha value is -1.50. The van der Waals surface area contributed by atoms with Crippen molar-refractivity contribution in [3.8, 4) is 0 Å². The van der Waals surface area contributed by atoms with Gasteiger partial charge in [0.2, 0.25) is 0 Å². The van der Waals surface area contributed by atoms with Gasteiger partial charge < -0.3 is 15.5 Å². The third-order valence-electron chi connectivity index (χ3n) is 3.36. The van der Waals surface area contributed by atoms with Crippen molar-refractivity contribution >= 4 is 11.4 Å². The maximum absolute atomic E-state index is 12.7. The van der Waals surface area contributed by atoms with Gasteiger partial charge in [0.05, 0.1) is 17.6 Å². The van der Waals surface area contributed by atoms with Gasteiger partial charge in [0.1, 0.15) is 5.69 Å². The fourth-order valence-electron chi connectivity index (χ4n) is 2.19. The highest BCUT2D eigenvalue weighted by atomic mass is 19.4. The molecule has 0 aliphatic carbocycles. The molecule has 1 aliphatic rings. The minimum absolute atomic E-state index is 0.290. The number of nitrogens with zero attached hydrogens (tertiary/aromatic N) is 3. The van der Waals surface area contributed by atoms with Crippen molar-refractivity contribution in [2.75, 3.05) is 43.4 Å². The summed E-state index contributed by atoms with van der Waals surface area (Å²) in [4.78, 5) is 7.48. The monoisotopic (exact) mass is 274 g/mol. The van der Waals surface area contributed by atoms with Crippen LogP contribution in [0.15, 0.2) is 12.3 Å². The number of likely N-dealkylation sites (N-methyl/N-ethyl adjacent to an activating group) is 1. The molecule has 0 spiro atoms. The van der Waals surface area contributed by atoms with Crippen LogP contribution in [0, 0.1) is 0 Å². The lowest BCUT2D eigenvalue weighted by atomic mass is 10.2. The molecule has 0 bridgehead atoms. The van der Waals surface area contributed by atoms with Crippen LogP contribution in [-0.2, 0) is 6.18 Å². The van der Waals surface area contributed by atoms with Crippen LogP contribution >= 0.6 is 0 Å². The number of nitrogen functional groups attached to an aromatic ring is 1. The summed E-state index contributed by atoms with van der Waals surface area (Å²) in [5, 5.41) is 0. The number of pyridine rings is 1. The Morgan fingerprint density at radius 3 is 2.42 bits per heavy atom. The summed E-state index contributed by atoms with van der Waals surface area (Å²) in [7, 11) is 0. The van der Waals surface area contributed by atoms with E-state index >= 15 is 0 Å². The van der Waals surface area contributed by atoms with Gasteiger partial charge in [-0.05, 0) is 12.6 Å². The number of hydrogen-bond donors (Lipinski definition) is 1. The molecule has 7 heteroatoms. The Balaban J connectivity index is 2.20. The molecule has 0 saturated carbocycles. The van der Waals surface area contributed by atoms with Gasteiger partial charge in [-0.2, -0.15) is 13.2 Å². The molecule has 2 N–H and O–H groups in total. The third-order valence-corrected chi connectivity index (χ3v) is 3.36. The number of aromatic nitrogens is 1. The highest BCUT2D eigenvalue weighted by Crippen LogP contribution is 2.32. The van der Waals surface area contributed by atoms with Crippen LogP contribution in [0.2, 0.25) is 0 Å². The van der Waals surface area contributed by atoms with Crippen LogP contribution in [0.4, 0.5) is 24.5 Å². The lowest BCUT2D eigenvalue weighted by Gasteiger charge is -2.36. The van der Waals surface area contributed by atoms with Gasteiger partial charge >= 0.3 is 6.18 Å². The van der Waals surface area contributed by atoms with E-state index in [1.54, 1.807) is 0 Å². The molecule has 0 unspecified atom stereocenters. The first-order valence-corrected chi connectivity index (χ1v) is 6.22. The van der Waals surface area contributed by atoms with Crippen molar-refractivity contribution in [1.82, 2.24) is 9.88 Å². The van der Waals surface area contributed by atoms with E-state index in [9.17, 15) is 13.2 Å². The van der Waals surface area contributed by atoms with Crippen molar-refractivity contribution in [1.29, 1.82) is 0 Å². The van der Waals surface area contributed by atoms with Crippen molar-refractivity contribution in [2.24, 2.45) is 0 Å². The second-order valence-corrected chi connectivity index (χ2v) is 4.55. The van der Waals surface area contributed by atoms with Gasteiger partial charge in [-0.25, -0.2) is 4.98 Å². The Morgan fingerprint density at radius 2 is 1.89 bits per heavy atom. The van der Waals surface area contributed by atoms with Gasteiger partial charge in [0, 0.05) is 26.2 Å². The molecule has 1 aliphatic heterocycles. The van der Waals surface area contributed by atoms with Crippen LogP contribution in [0.1, 0.15) is 12.6 Å². The zero-order valence-electron chi connectivity index (χ0n) is 10.7. The van der Waals surface area contributed by atoms with Gasteiger partial charge in [0.15, 0.2) is 0 Å². The molecule has 0 aromatic carbocycles. The molecular formula is C12H17F3N4. The summed E-state index contributed by atoms with van der Waals surface area (Å²) in [6.07, 6.45) is -3.35. The standard InChI is InChI=1S/C12H17F3N4/c1-2-18-3-5-19(6-4-18)10-7-11(12(13,14)15)17-8-9(10)16/h7-8H,2-6,16H2,1H3. The zero-order chi connectivity index (χ0) is 14.0. The summed E-state index contributed by atoms with van der Waals surface area (Å²) < 4.78 is 38.0. The van der Waals surface area contributed by atoms with Crippen molar-refractivity contribution in [2.45, 2.75) is 13.1 Å². The summed E-state index contributed by atoms with van der Waals surface area (Å²) in [6, 6.07) is 1.04. The van der Waals surface area contributed by atoms with Crippen LogP contribution in [-0.4, -0.2) is 42.6 Å². The number of alkyl halides is 3. The predicted octanol–water partition coefficient (Wildman–Crippen LogP) is 1.82. The molecule has 0 radical (unpaired) electrons. The van der Waals surface area contributed by atoms with E-state index in [4.69, 9.17) is 5.73 Å². The molecule has 19 heavy (non-hydrogen) atoms. The molecule has 1 saturated heterocycles. The second kappa shape index (κ2) is 5.24. The van der Waals surface area contributed by atoms with E-state index in [-0.39, 0.29) is 5.69 Å². The van der Waals surface area contributed by atoms with Crippen molar-refractivity contribution in [3.05, 3.63) is 18.0 Å². The quantitative estimate of drug-likeness (QED) is 0.893. The topological polar surface area (TPSA) is 45.4 Å². The van der Waals surface area contributed by atoms with E-state index in [2.05, 4.69) is 16.8 Å². The van der Waals surface area contributed by atoms with Gasteiger partial charge in [0.25, 0.3) is 0 Å². The summed E-state index contributed by atoms with van der Waals surface area (Å²) in [5.41, 5.74) is 5.57. The smallest absolute Gasteiger partial charge is 0.396 e. The molecule has 106 valence electrons. The number of hydrogen-bond acceptors (Lipinski definition) is 4. The fourth-order valence-corrected chi connectivity index (χ4v) is 2.19. The van der Waals surface area contributed by atoms with Crippen molar-refractivity contribution < 1.29 is 13.2 Å². The number of halogens is 3. The molecule has 0 amide bonds. The Kier molecular flexibility index (Phi) is 3.84. The lowest BCUT2D eigenvalue weighted by Crippen LogP contribution is -2.46. The highest BCUT2D eigenvalue weighted by Gasteiger charge is 2.33. The number of piperazine rings is 1. The molecule has 2 heterocycles. The molecular weight excluding hydrogens is 257 g/mol. The first-order chi connectivity index (χ1) is 8.91. The fraction of sp³-hybridized carbons (Fsp3) is 0.583. The Morgan fingerprint density at radius 1 is 1.26 bits per heavy atom. The minimum Gasteiger partial charge on any atom is -0.396 e. The Bertz CT molecular complexity index is 439. The molecule has 4 nitrogen and oxygen atoms in total. The zero-order valence-corrected chi connectivity index (χ0v) is 10.7. The van der Waals surface area contributed by atoms with Gasteiger partial charge in [-0.15, -0.1) is 0 Å². The van der Waals surface area contributed by atoms with Crippen LogP contribution in [0.3, 0.4) is 0 Å². The average molecular weight is 274 g/mol. The van der Waals surface area contributed by atoms with E-state index in [1.165, 1.54) is 0 Å². The maximum Gasteiger partial charge on any atom is 0.433 e. The SMILES string of the molecule is CCN1CCN(c2cc(C(F)(F)F)ncc2N)CC1. The summed E-state index contributed by atoms with van der Waals surface area (Å²) in [5.74, 6) is 0. The molecule has 1 fully saturated rings. The first-order valence-electron chi connectivity index (χ1n) is 6.22. The number of rotatable bonds is 2. The van der Waals surface area contributed by atoms with Crippen LogP contribution < -0.4 is 10.6 Å². The summed E-state index contributed by atoms with van der Waals surface area (Å²) in [6.45, 7) is 6.05. The normalized spacial score (nSPS) is 17.8. The molecule has 2 rings (SSSR count). The average Bonchev–Trinajstić information content (AvgIpc) is 2.38. The van der Waals surface area contributed by atoms with E-state index < -0.39 is 11.9 Å². The van der Waals surface area contributed by atoms with Crippen LogP contribution in [0.25, 0.3) is 0 Å². The van der Waals surface area contributed by atoms with E-state index in [1.807, 2.05) is 4.90 Å². The summed E-state index contributed by atoms with van der Waals surface area (Å²) >= 11 is 0. The maximum atomic E-state index is 12.7. The van der Waals surface area contributed by atoms with E-state index in [0.717, 1.165) is 31.9 Å². The van der Waals surface area contributed by atoms with E-state index in [0.29, 0.717) is 18.8 Å². The molecule has 1 aromatic rings. The van der Waals surface area contributed by atoms with Crippen LogP contribution in [0.5, 0.6) is 0 Å². The predicted molar refractivity (Wildman–Crippen MR) is 68.0 cm³/mol.